The quantitative estimate of drug-likeness (QED) is 0.581. The molecule has 0 spiro atoms. The number of hydrogen-bond donors (Lipinski definition) is 1. The van der Waals surface area contributed by atoms with Crippen LogP contribution in [0.1, 0.15) is 25.7 Å². The van der Waals surface area contributed by atoms with Crippen molar-refractivity contribution >= 4 is 21.8 Å². The van der Waals surface area contributed by atoms with Crippen molar-refractivity contribution in [2.24, 2.45) is 5.73 Å². The van der Waals surface area contributed by atoms with E-state index in [-0.39, 0.29) is 54.6 Å². The monoisotopic (exact) mass is 468 g/mol. The summed E-state index contributed by atoms with van der Waals surface area (Å²) in [5.74, 6) is 0.249. The molecule has 11 heteroatoms. The van der Waals surface area contributed by atoms with E-state index in [0.717, 1.165) is 25.8 Å². The van der Waals surface area contributed by atoms with Gasteiger partial charge in [0, 0.05) is 44.7 Å². The zero-order valence-electron chi connectivity index (χ0n) is 18.7. The lowest BCUT2D eigenvalue weighted by atomic mass is 9.99. The van der Waals surface area contributed by atoms with Gasteiger partial charge in [-0.05, 0) is 31.5 Å². The minimum atomic E-state index is -3.81. The summed E-state index contributed by atoms with van der Waals surface area (Å²) in [5.41, 5.74) is 5.36. The Labute approximate surface area is 189 Å². The fourth-order valence-electron chi connectivity index (χ4n) is 4.31. The predicted molar refractivity (Wildman–Crippen MR) is 118 cm³/mol. The third kappa shape index (κ3) is 5.51. The van der Waals surface area contributed by atoms with Crippen LogP contribution in [0.15, 0.2) is 23.1 Å². The molecule has 2 aliphatic rings. The second-order valence-corrected chi connectivity index (χ2v) is 10.00. The number of piperazine rings is 1. The first-order valence-electron chi connectivity index (χ1n) is 10.8. The maximum Gasteiger partial charge on any atom is 0.247 e. The van der Waals surface area contributed by atoms with Crippen molar-refractivity contribution in [2.45, 2.75) is 36.6 Å². The highest BCUT2D eigenvalue weighted by Gasteiger charge is 2.34. The largest absolute Gasteiger partial charge is 0.497 e. The Kier molecular flexibility index (Phi) is 7.96. The van der Waals surface area contributed by atoms with E-state index in [1.165, 1.54) is 24.6 Å². The summed E-state index contributed by atoms with van der Waals surface area (Å²) in [6.45, 7) is 1.97. The highest BCUT2D eigenvalue weighted by atomic mass is 32.2. The number of nitrogens with two attached hydrogens (primary N) is 1. The molecule has 3 rings (SSSR count). The van der Waals surface area contributed by atoms with Crippen LogP contribution >= 0.6 is 0 Å². The van der Waals surface area contributed by atoms with Gasteiger partial charge in [0.1, 0.15) is 16.4 Å². The predicted octanol–water partition coefficient (Wildman–Crippen LogP) is 0.267. The summed E-state index contributed by atoms with van der Waals surface area (Å²) < 4.78 is 38.2. The van der Waals surface area contributed by atoms with E-state index in [9.17, 15) is 18.0 Å². The van der Waals surface area contributed by atoms with Crippen LogP contribution in [0.25, 0.3) is 0 Å². The topological polar surface area (TPSA) is 122 Å². The van der Waals surface area contributed by atoms with Crippen LogP contribution in [0.3, 0.4) is 0 Å². The molecular weight excluding hydrogens is 436 g/mol. The van der Waals surface area contributed by atoms with E-state index in [2.05, 4.69) is 0 Å². The summed E-state index contributed by atoms with van der Waals surface area (Å²) in [6.07, 6.45) is 3.11. The summed E-state index contributed by atoms with van der Waals surface area (Å²) in [7, 11) is -0.916. The van der Waals surface area contributed by atoms with Crippen LogP contribution < -0.4 is 15.2 Å². The van der Waals surface area contributed by atoms with Crippen molar-refractivity contribution in [1.29, 1.82) is 0 Å². The zero-order valence-corrected chi connectivity index (χ0v) is 19.5. The molecule has 2 aliphatic heterocycles. The lowest BCUT2D eigenvalue weighted by Gasteiger charge is -2.38. The zero-order chi connectivity index (χ0) is 23.3. The van der Waals surface area contributed by atoms with Gasteiger partial charge in [0.2, 0.25) is 21.8 Å². The third-order valence-corrected chi connectivity index (χ3v) is 8.02. The molecule has 2 saturated heterocycles. The molecule has 2 heterocycles. The molecule has 2 N–H and O–H groups in total. The number of carbonyl (C=O) groups is 2. The van der Waals surface area contributed by atoms with Gasteiger partial charge in [0.05, 0.1) is 20.8 Å². The molecule has 0 radical (unpaired) electrons. The summed E-state index contributed by atoms with van der Waals surface area (Å²) >= 11 is 0. The van der Waals surface area contributed by atoms with E-state index >= 15 is 0 Å². The summed E-state index contributed by atoms with van der Waals surface area (Å²) in [6, 6.07) is 4.64. The van der Waals surface area contributed by atoms with Crippen molar-refractivity contribution in [1.82, 2.24) is 14.1 Å². The molecule has 1 aromatic carbocycles. The maximum atomic E-state index is 13.2. The van der Waals surface area contributed by atoms with E-state index in [1.54, 1.807) is 17.0 Å². The number of rotatable bonds is 8. The average Bonchev–Trinajstić information content (AvgIpc) is 2.79. The molecule has 0 aromatic heterocycles. The smallest absolute Gasteiger partial charge is 0.247 e. The molecule has 0 aliphatic carbocycles. The molecule has 10 nitrogen and oxygen atoms in total. The normalized spacial score (nSPS) is 20.7. The first kappa shape index (κ1) is 24.3. The number of sulfonamides is 1. The summed E-state index contributed by atoms with van der Waals surface area (Å²) in [4.78, 5) is 28.0. The van der Waals surface area contributed by atoms with Gasteiger partial charge in [-0.25, -0.2) is 8.42 Å². The Morgan fingerprint density at radius 2 is 1.78 bits per heavy atom. The molecular formula is C21H32N4O6S. The number of methoxy groups -OCH3 is 2. The second kappa shape index (κ2) is 10.5. The van der Waals surface area contributed by atoms with Gasteiger partial charge in [-0.2, -0.15) is 4.31 Å². The van der Waals surface area contributed by atoms with Crippen LogP contribution in [0.2, 0.25) is 0 Å². The van der Waals surface area contributed by atoms with Gasteiger partial charge in [-0.3, -0.25) is 14.5 Å². The molecule has 32 heavy (non-hydrogen) atoms. The van der Waals surface area contributed by atoms with Gasteiger partial charge < -0.3 is 20.1 Å². The van der Waals surface area contributed by atoms with Gasteiger partial charge in [0.25, 0.3) is 0 Å². The minimum absolute atomic E-state index is 0.00704. The standard InChI is InChI=1S/C21H32N4O6S/c1-30-17-6-7-18(31-2)19(14-17)32(28,29)25-11-9-23(10-12-25)21(27)15-24-8-4-3-5-16(24)13-20(22)26/h6-7,14,16H,3-5,8-13,15H2,1-2H3,(H2,22,26). The van der Waals surface area contributed by atoms with Crippen molar-refractivity contribution in [3.63, 3.8) is 0 Å². The molecule has 0 saturated carbocycles. The number of amides is 2. The van der Waals surface area contributed by atoms with Crippen molar-refractivity contribution < 1.29 is 27.5 Å². The Hall–Kier alpha value is -2.37. The Balaban J connectivity index is 1.63. The number of likely N-dealkylation sites (tertiary alicyclic amines) is 1. The van der Waals surface area contributed by atoms with Crippen molar-refractivity contribution in [2.75, 3.05) is 53.5 Å². The average molecular weight is 469 g/mol. The number of benzene rings is 1. The minimum Gasteiger partial charge on any atom is -0.497 e. The fourth-order valence-corrected chi connectivity index (χ4v) is 5.90. The van der Waals surface area contributed by atoms with Crippen molar-refractivity contribution in [3.05, 3.63) is 18.2 Å². The van der Waals surface area contributed by atoms with E-state index in [0.29, 0.717) is 18.8 Å². The van der Waals surface area contributed by atoms with E-state index in [4.69, 9.17) is 15.2 Å². The molecule has 1 atom stereocenters. The van der Waals surface area contributed by atoms with Gasteiger partial charge in [0.15, 0.2) is 0 Å². The molecule has 2 fully saturated rings. The Morgan fingerprint density at radius 3 is 2.41 bits per heavy atom. The highest BCUT2D eigenvalue weighted by molar-refractivity contribution is 7.89. The van der Waals surface area contributed by atoms with E-state index < -0.39 is 10.0 Å². The fraction of sp³-hybridized carbons (Fsp3) is 0.619. The molecule has 0 bridgehead atoms. The van der Waals surface area contributed by atoms with Gasteiger partial charge >= 0.3 is 0 Å². The first-order chi connectivity index (χ1) is 15.3. The van der Waals surface area contributed by atoms with Crippen LogP contribution in [-0.4, -0.2) is 93.9 Å². The van der Waals surface area contributed by atoms with Crippen LogP contribution in [-0.2, 0) is 19.6 Å². The number of hydrogen-bond acceptors (Lipinski definition) is 7. The Morgan fingerprint density at radius 1 is 1.06 bits per heavy atom. The lowest BCUT2D eigenvalue weighted by Crippen LogP contribution is -2.54. The highest BCUT2D eigenvalue weighted by Crippen LogP contribution is 2.31. The van der Waals surface area contributed by atoms with Crippen LogP contribution in [0.5, 0.6) is 11.5 Å². The lowest BCUT2D eigenvalue weighted by molar-refractivity contribution is -0.135. The van der Waals surface area contributed by atoms with E-state index in [1.807, 2.05) is 4.90 Å². The third-order valence-electron chi connectivity index (χ3n) is 6.10. The van der Waals surface area contributed by atoms with Crippen LogP contribution in [0.4, 0.5) is 0 Å². The van der Waals surface area contributed by atoms with Crippen molar-refractivity contribution in [3.8, 4) is 11.5 Å². The number of primary amides is 1. The molecule has 178 valence electrons. The first-order valence-corrected chi connectivity index (χ1v) is 12.2. The molecule has 2 amide bonds. The molecule has 1 unspecified atom stereocenters. The summed E-state index contributed by atoms with van der Waals surface area (Å²) in [5, 5.41) is 0. The molecule has 1 aromatic rings. The number of piperidine rings is 1. The Bertz CT molecular complexity index is 930. The number of carbonyl (C=O) groups excluding carboxylic acids is 2. The number of nitrogens with zero attached hydrogens (tertiary/aromatic N) is 3. The van der Waals surface area contributed by atoms with Crippen LogP contribution in [0, 0.1) is 0 Å². The number of ether oxygens (including phenoxy) is 2. The second-order valence-electron chi connectivity index (χ2n) is 8.09. The van der Waals surface area contributed by atoms with Gasteiger partial charge in [-0.15, -0.1) is 0 Å². The SMILES string of the molecule is COc1ccc(OC)c(S(=O)(=O)N2CCN(C(=O)CN3CCCCC3CC(N)=O)CC2)c1. The maximum absolute atomic E-state index is 13.2. The van der Waals surface area contributed by atoms with Gasteiger partial charge in [-0.1, -0.05) is 6.42 Å².